The Labute approximate surface area is 103 Å². The van der Waals surface area contributed by atoms with Crippen LogP contribution < -0.4 is 5.32 Å². The van der Waals surface area contributed by atoms with E-state index in [1.807, 2.05) is 6.92 Å². The predicted molar refractivity (Wildman–Crippen MR) is 65.9 cm³/mol. The van der Waals surface area contributed by atoms with Crippen LogP contribution in [-0.4, -0.2) is 63.9 Å². The van der Waals surface area contributed by atoms with Crippen LogP contribution in [0.2, 0.25) is 0 Å². The molecule has 5 nitrogen and oxygen atoms in total. The second-order valence-corrected chi connectivity index (χ2v) is 4.44. The van der Waals surface area contributed by atoms with Gasteiger partial charge in [0.25, 0.3) is 0 Å². The number of nitrogens with one attached hydrogen (secondary N) is 1. The zero-order chi connectivity index (χ0) is 12.5. The molecule has 0 aromatic rings. The van der Waals surface area contributed by atoms with Crippen molar-refractivity contribution in [2.24, 2.45) is 5.92 Å². The van der Waals surface area contributed by atoms with Gasteiger partial charge in [0.2, 0.25) is 0 Å². The largest absolute Gasteiger partial charge is 0.469 e. The number of carbonyl (C=O) groups is 1. The van der Waals surface area contributed by atoms with Crippen LogP contribution in [0.25, 0.3) is 0 Å². The van der Waals surface area contributed by atoms with Crippen molar-refractivity contribution < 1.29 is 14.3 Å². The van der Waals surface area contributed by atoms with Gasteiger partial charge in [-0.15, -0.1) is 0 Å². The molecule has 5 heteroatoms. The Morgan fingerprint density at radius 3 is 2.82 bits per heavy atom. The van der Waals surface area contributed by atoms with Crippen LogP contribution in [0.5, 0.6) is 0 Å². The molecule has 0 saturated carbocycles. The fourth-order valence-corrected chi connectivity index (χ4v) is 1.86. The molecule has 1 saturated heterocycles. The van der Waals surface area contributed by atoms with Gasteiger partial charge in [0.1, 0.15) is 0 Å². The molecule has 1 rings (SSSR count). The third-order valence-corrected chi connectivity index (χ3v) is 2.99. The summed E-state index contributed by atoms with van der Waals surface area (Å²) in [5.41, 5.74) is 0. The van der Waals surface area contributed by atoms with E-state index < -0.39 is 0 Å². The fraction of sp³-hybridized carbons (Fsp3) is 0.917. The molecule has 1 aliphatic rings. The first-order chi connectivity index (χ1) is 8.24. The second-order valence-electron chi connectivity index (χ2n) is 4.44. The van der Waals surface area contributed by atoms with Gasteiger partial charge in [0.15, 0.2) is 0 Å². The topological polar surface area (TPSA) is 50.8 Å². The molecule has 0 aliphatic carbocycles. The van der Waals surface area contributed by atoms with Crippen LogP contribution in [0.1, 0.15) is 13.3 Å². The molecule has 0 bridgehead atoms. The molecule has 0 aromatic heterocycles. The van der Waals surface area contributed by atoms with Crippen molar-refractivity contribution in [2.45, 2.75) is 13.3 Å². The Hall–Kier alpha value is -0.650. The van der Waals surface area contributed by atoms with Crippen LogP contribution in [0.3, 0.4) is 0 Å². The first kappa shape index (κ1) is 14.4. The molecule has 0 unspecified atom stereocenters. The maximum atomic E-state index is 11.1. The highest BCUT2D eigenvalue weighted by molar-refractivity contribution is 5.71. The lowest BCUT2D eigenvalue weighted by Gasteiger charge is -2.26. The minimum Gasteiger partial charge on any atom is -0.469 e. The Balaban J connectivity index is 1.95. The average Bonchev–Trinajstić information content (AvgIpc) is 2.38. The molecule has 1 N–H and O–H groups in total. The van der Waals surface area contributed by atoms with Gasteiger partial charge in [-0.05, 0) is 19.5 Å². The summed E-state index contributed by atoms with van der Waals surface area (Å²) in [6, 6.07) is 0. The van der Waals surface area contributed by atoms with Crippen molar-refractivity contribution in [1.82, 2.24) is 10.2 Å². The Kier molecular flexibility index (Phi) is 7.16. The van der Waals surface area contributed by atoms with E-state index in [0.717, 1.165) is 45.8 Å². The lowest BCUT2D eigenvalue weighted by Crippen LogP contribution is -2.38. The van der Waals surface area contributed by atoms with Crippen LogP contribution in [0.4, 0.5) is 0 Å². The van der Waals surface area contributed by atoms with E-state index in [1.54, 1.807) is 0 Å². The maximum Gasteiger partial charge on any atom is 0.309 e. The first-order valence-electron chi connectivity index (χ1n) is 6.32. The zero-order valence-electron chi connectivity index (χ0n) is 10.9. The molecule has 17 heavy (non-hydrogen) atoms. The van der Waals surface area contributed by atoms with E-state index in [4.69, 9.17) is 4.74 Å². The summed E-state index contributed by atoms with van der Waals surface area (Å²) in [4.78, 5) is 13.6. The molecular weight excluding hydrogens is 220 g/mol. The maximum absolute atomic E-state index is 11.1. The van der Waals surface area contributed by atoms with E-state index in [9.17, 15) is 4.79 Å². The monoisotopic (exact) mass is 244 g/mol. The van der Waals surface area contributed by atoms with Gasteiger partial charge in [0.05, 0.1) is 26.2 Å². The van der Waals surface area contributed by atoms with E-state index in [0.29, 0.717) is 6.54 Å². The number of esters is 1. The van der Waals surface area contributed by atoms with Crippen molar-refractivity contribution in [1.29, 1.82) is 0 Å². The van der Waals surface area contributed by atoms with Gasteiger partial charge in [-0.3, -0.25) is 9.69 Å². The van der Waals surface area contributed by atoms with Gasteiger partial charge < -0.3 is 14.8 Å². The smallest absolute Gasteiger partial charge is 0.309 e. The van der Waals surface area contributed by atoms with Crippen LogP contribution in [-0.2, 0) is 14.3 Å². The molecule has 1 atom stereocenters. The number of morpholine rings is 1. The SMILES string of the molecule is COC(=O)[C@H](C)CNCCCN1CCOCC1. The fourth-order valence-electron chi connectivity index (χ4n) is 1.86. The lowest BCUT2D eigenvalue weighted by atomic mass is 10.2. The summed E-state index contributed by atoms with van der Waals surface area (Å²) in [6.07, 6.45) is 1.11. The van der Waals surface area contributed by atoms with Crippen molar-refractivity contribution in [2.75, 3.05) is 53.0 Å². The highest BCUT2D eigenvalue weighted by Gasteiger charge is 2.12. The van der Waals surface area contributed by atoms with Crippen molar-refractivity contribution in [3.8, 4) is 0 Å². The number of hydrogen-bond donors (Lipinski definition) is 1. The predicted octanol–water partition coefficient (Wildman–Crippen LogP) is 0.107. The normalized spacial score (nSPS) is 18.9. The molecular formula is C12H24N2O3. The zero-order valence-corrected chi connectivity index (χ0v) is 10.9. The Morgan fingerprint density at radius 1 is 1.47 bits per heavy atom. The van der Waals surface area contributed by atoms with E-state index in [2.05, 4.69) is 15.0 Å². The molecule has 100 valence electrons. The van der Waals surface area contributed by atoms with Crippen molar-refractivity contribution in [3.05, 3.63) is 0 Å². The average molecular weight is 244 g/mol. The molecule has 1 aliphatic heterocycles. The molecule has 0 spiro atoms. The van der Waals surface area contributed by atoms with Crippen molar-refractivity contribution >= 4 is 5.97 Å². The number of ether oxygens (including phenoxy) is 2. The number of carbonyl (C=O) groups excluding carboxylic acids is 1. The van der Waals surface area contributed by atoms with E-state index >= 15 is 0 Å². The first-order valence-corrected chi connectivity index (χ1v) is 6.32. The van der Waals surface area contributed by atoms with Gasteiger partial charge >= 0.3 is 5.97 Å². The summed E-state index contributed by atoms with van der Waals surface area (Å²) in [5, 5.41) is 3.28. The third-order valence-electron chi connectivity index (χ3n) is 2.99. The summed E-state index contributed by atoms with van der Waals surface area (Å²) >= 11 is 0. The van der Waals surface area contributed by atoms with Crippen LogP contribution >= 0.6 is 0 Å². The van der Waals surface area contributed by atoms with Gasteiger partial charge in [-0.1, -0.05) is 6.92 Å². The number of methoxy groups -OCH3 is 1. The van der Waals surface area contributed by atoms with E-state index in [1.165, 1.54) is 7.11 Å². The quantitative estimate of drug-likeness (QED) is 0.509. The van der Waals surface area contributed by atoms with E-state index in [-0.39, 0.29) is 11.9 Å². The summed E-state index contributed by atoms with van der Waals surface area (Å²) in [6.45, 7) is 8.40. The minimum atomic E-state index is -0.148. The molecule has 0 amide bonds. The van der Waals surface area contributed by atoms with Gasteiger partial charge in [-0.2, -0.15) is 0 Å². The third kappa shape index (κ3) is 6.00. The number of nitrogens with zero attached hydrogens (tertiary/aromatic N) is 1. The molecule has 1 heterocycles. The highest BCUT2D eigenvalue weighted by atomic mass is 16.5. The molecule has 0 radical (unpaired) electrons. The van der Waals surface area contributed by atoms with Gasteiger partial charge in [0, 0.05) is 19.6 Å². The van der Waals surface area contributed by atoms with Crippen LogP contribution in [0, 0.1) is 5.92 Å². The number of hydrogen-bond acceptors (Lipinski definition) is 5. The summed E-state index contributed by atoms with van der Waals surface area (Å²) < 4.78 is 9.95. The van der Waals surface area contributed by atoms with Crippen LogP contribution in [0.15, 0.2) is 0 Å². The minimum absolute atomic E-state index is 0.0663. The summed E-state index contributed by atoms with van der Waals surface area (Å²) in [5.74, 6) is -0.214. The highest BCUT2D eigenvalue weighted by Crippen LogP contribution is 1.98. The number of rotatable bonds is 7. The summed E-state index contributed by atoms with van der Waals surface area (Å²) in [7, 11) is 1.43. The Morgan fingerprint density at radius 2 is 2.18 bits per heavy atom. The van der Waals surface area contributed by atoms with Gasteiger partial charge in [-0.25, -0.2) is 0 Å². The standard InChI is InChI=1S/C12H24N2O3/c1-11(12(15)16-2)10-13-4-3-5-14-6-8-17-9-7-14/h11,13H,3-10H2,1-2H3/t11-/m1/s1. The van der Waals surface area contributed by atoms with Crippen molar-refractivity contribution in [3.63, 3.8) is 0 Å². The molecule has 1 fully saturated rings. The second kappa shape index (κ2) is 8.44. The molecule has 0 aromatic carbocycles. The Bertz CT molecular complexity index is 218. The lowest BCUT2D eigenvalue weighted by molar-refractivity contribution is -0.144.